The van der Waals surface area contributed by atoms with Crippen LogP contribution in [0.2, 0.25) is 0 Å². The zero-order valence-electron chi connectivity index (χ0n) is 18.7. The molecule has 2 aliphatic rings. The zero-order chi connectivity index (χ0) is 21.4. The van der Waals surface area contributed by atoms with Gasteiger partial charge < -0.3 is 15.0 Å². The first kappa shape index (κ1) is 21.4. The molecule has 2 N–H and O–H groups in total. The number of anilines is 1. The van der Waals surface area contributed by atoms with Crippen LogP contribution >= 0.6 is 0 Å². The lowest BCUT2D eigenvalue weighted by Crippen LogP contribution is -2.45. The molecule has 0 amide bonds. The summed E-state index contributed by atoms with van der Waals surface area (Å²) in [6.45, 7) is 14.5. The summed E-state index contributed by atoms with van der Waals surface area (Å²) < 4.78 is 12.3. The molecule has 2 heterocycles. The number of nitrogens with zero attached hydrogens (tertiary/aromatic N) is 2. The molecule has 0 atom stereocenters. The fraction of sp³-hybridized carbons (Fsp3) is 0.500. The lowest BCUT2D eigenvalue weighted by atomic mass is 9.78. The third kappa shape index (κ3) is 4.57. The first-order valence-electron chi connectivity index (χ1n) is 11.0. The fourth-order valence-corrected chi connectivity index (χ4v) is 4.07. The van der Waals surface area contributed by atoms with Crippen LogP contribution in [-0.4, -0.2) is 54.3 Å². The summed E-state index contributed by atoms with van der Waals surface area (Å²) >= 11 is 0. The third-order valence-electron chi connectivity index (χ3n) is 6.80. The van der Waals surface area contributed by atoms with Gasteiger partial charge in [0.05, 0.1) is 11.2 Å². The molecule has 2 aliphatic heterocycles. The fourth-order valence-electron chi connectivity index (χ4n) is 4.07. The van der Waals surface area contributed by atoms with Gasteiger partial charge in [0.15, 0.2) is 0 Å². The maximum absolute atomic E-state index is 6.42. The summed E-state index contributed by atoms with van der Waals surface area (Å²) in [5.41, 5.74) is 10.1. The summed E-state index contributed by atoms with van der Waals surface area (Å²) in [5.74, 6) is 0. The molecule has 4 rings (SSSR count). The predicted octanol–water partition coefficient (Wildman–Crippen LogP) is 2.89. The Morgan fingerprint density at radius 3 is 1.97 bits per heavy atom. The largest absolute Gasteiger partial charge is 0.494 e. The molecule has 30 heavy (non-hydrogen) atoms. The van der Waals surface area contributed by atoms with Crippen molar-refractivity contribution in [2.75, 3.05) is 31.9 Å². The molecule has 160 valence electrons. The van der Waals surface area contributed by atoms with Crippen LogP contribution in [0.4, 0.5) is 5.69 Å². The maximum Gasteiger partial charge on any atom is 0.494 e. The quantitative estimate of drug-likeness (QED) is 0.610. The number of hydrogen-bond acceptors (Lipinski definition) is 5. The van der Waals surface area contributed by atoms with Crippen LogP contribution in [0.3, 0.4) is 0 Å². The minimum absolute atomic E-state index is 0.343. The first-order chi connectivity index (χ1) is 14.2. The molecule has 2 aromatic rings. The van der Waals surface area contributed by atoms with E-state index in [9.17, 15) is 0 Å². The van der Waals surface area contributed by atoms with Crippen molar-refractivity contribution < 1.29 is 9.31 Å². The SMILES string of the molecule is CC1(C)OB(c2ccc(CN3CCN(Cc4ccccc4)CC3)c(N)c2)OC1(C)C. The molecular weight excluding hydrogens is 373 g/mol. The lowest BCUT2D eigenvalue weighted by Gasteiger charge is -2.35. The third-order valence-corrected chi connectivity index (χ3v) is 6.80. The minimum Gasteiger partial charge on any atom is -0.399 e. The van der Waals surface area contributed by atoms with E-state index < -0.39 is 0 Å². The number of nitrogens with two attached hydrogens (primary N) is 1. The van der Waals surface area contributed by atoms with E-state index >= 15 is 0 Å². The van der Waals surface area contributed by atoms with E-state index in [1.165, 1.54) is 11.1 Å². The van der Waals surface area contributed by atoms with E-state index in [2.05, 4.69) is 80.0 Å². The van der Waals surface area contributed by atoms with Crippen LogP contribution in [0, 0.1) is 0 Å². The highest BCUT2D eigenvalue weighted by Gasteiger charge is 2.51. The Kier molecular flexibility index (Phi) is 5.95. The van der Waals surface area contributed by atoms with Crippen LogP contribution in [0.15, 0.2) is 48.5 Å². The second-order valence-electron chi connectivity index (χ2n) is 9.58. The Labute approximate surface area is 181 Å². The second kappa shape index (κ2) is 8.35. The van der Waals surface area contributed by atoms with Crippen molar-refractivity contribution in [3.05, 3.63) is 59.7 Å². The van der Waals surface area contributed by atoms with Crippen molar-refractivity contribution in [2.45, 2.75) is 52.0 Å². The molecule has 2 fully saturated rings. The van der Waals surface area contributed by atoms with Gasteiger partial charge in [0.25, 0.3) is 0 Å². The van der Waals surface area contributed by atoms with Gasteiger partial charge >= 0.3 is 7.12 Å². The topological polar surface area (TPSA) is 51.0 Å². The average Bonchev–Trinajstić information content (AvgIpc) is 2.93. The summed E-state index contributed by atoms with van der Waals surface area (Å²) in [4.78, 5) is 5.01. The molecule has 0 aliphatic carbocycles. The molecule has 0 radical (unpaired) electrons. The van der Waals surface area contributed by atoms with Gasteiger partial charge in [0.2, 0.25) is 0 Å². The van der Waals surface area contributed by atoms with Crippen molar-refractivity contribution in [3.8, 4) is 0 Å². The van der Waals surface area contributed by atoms with Gasteiger partial charge in [-0.25, -0.2) is 0 Å². The molecule has 2 saturated heterocycles. The Hall–Kier alpha value is -1.86. The lowest BCUT2D eigenvalue weighted by molar-refractivity contribution is 0.00578. The highest BCUT2D eigenvalue weighted by atomic mass is 16.7. The van der Waals surface area contributed by atoms with Gasteiger partial charge in [-0.1, -0.05) is 42.5 Å². The number of rotatable bonds is 5. The van der Waals surface area contributed by atoms with Crippen molar-refractivity contribution >= 4 is 18.3 Å². The predicted molar refractivity (Wildman–Crippen MR) is 124 cm³/mol. The molecular formula is C24H34BN3O2. The Morgan fingerprint density at radius 1 is 0.833 bits per heavy atom. The maximum atomic E-state index is 6.42. The number of piperazine rings is 1. The van der Waals surface area contributed by atoms with Crippen LogP contribution in [0.5, 0.6) is 0 Å². The molecule has 2 aromatic carbocycles. The summed E-state index contributed by atoms with van der Waals surface area (Å²) in [6.07, 6.45) is 0. The van der Waals surface area contributed by atoms with Gasteiger partial charge in [-0.2, -0.15) is 0 Å². The Morgan fingerprint density at radius 2 is 1.40 bits per heavy atom. The van der Waals surface area contributed by atoms with Crippen LogP contribution < -0.4 is 11.2 Å². The zero-order valence-corrected chi connectivity index (χ0v) is 18.7. The van der Waals surface area contributed by atoms with E-state index in [1.54, 1.807) is 0 Å². The van der Waals surface area contributed by atoms with Gasteiger partial charge in [0, 0.05) is 45.0 Å². The average molecular weight is 407 g/mol. The standard InChI is InChI=1S/C24H34BN3O2/c1-23(2)24(3,4)30-25(29-23)21-11-10-20(22(26)16-21)18-28-14-12-27(13-15-28)17-19-8-6-5-7-9-19/h5-11,16H,12-15,17-18,26H2,1-4H3. The molecule has 6 heteroatoms. The first-order valence-corrected chi connectivity index (χ1v) is 11.0. The van der Waals surface area contributed by atoms with Crippen LogP contribution in [0.25, 0.3) is 0 Å². The van der Waals surface area contributed by atoms with Crippen molar-refractivity contribution in [1.82, 2.24) is 9.80 Å². The molecule has 5 nitrogen and oxygen atoms in total. The van der Waals surface area contributed by atoms with Gasteiger partial charge in [-0.3, -0.25) is 9.80 Å². The highest BCUT2D eigenvalue weighted by Crippen LogP contribution is 2.36. The highest BCUT2D eigenvalue weighted by molar-refractivity contribution is 6.62. The summed E-state index contributed by atoms with van der Waals surface area (Å²) in [7, 11) is -0.368. The Bertz CT molecular complexity index is 848. The van der Waals surface area contributed by atoms with Gasteiger partial charge in [-0.05, 0) is 50.4 Å². The van der Waals surface area contributed by atoms with Crippen molar-refractivity contribution in [2.24, 2.45) is 0 Å². The molecule has 0 unspecified atom stereocenters. The van der Waals surface area contributed by atoms with Crippen LogP contribution in [-0.2, 0) is 22.4 Å². The summed E-state index contributed by atoms with van der Waals surface area (Å²) in [5, 5.41) is 0. The molecule has 0 aromatic heterocycles. The monoisotopic (exact) mass is 407 g/mol. The number of benzene rings is 2. The van der Waals surface area contributed by atoms with Crippen LogP contribution in [0.1, 0.15) is 38.8 Å². The Balaban J connectivity index is 1.33. The molecule has 0 bridgehead atoms. The van der Waals surface area contributed by atoms with Crippen molar-refractivity contribution in [3.63, 3.8) is 0 Å². The van der Waals surface area contributed by atoms with E-state index in [0.29, 0.717) is 0 Å². The van der Waals surface area contributed by atoms with E-state index in [4.69, 9.17) is 15.0 Å². The smallest absolute Gasteiger partial charge is 0.399 e. The van der Waals surface area contributed by atoms with Gasteiger partial charge in [-0.15, -0.1) is 0 Å². The van der Waals surface area contributed by atoms with E-state index in [1.807, 2.05) is 6.07 Å². The summed E-state index contributed by atoms with van der Waals surface area (Å²) in [6, 6.07) is 16.9. The van der Waals surface area contributed by atoms with Gasteiger partial charge in [0.1, 0.15) is 0 Å². The van der Waals surface area contributed by atoms with E-state index in [-0.39, 0.29) is 18.3 Å². The normalized spacial score (nSPS) is 21.8. The molecule has 0 saturated carbocycles. The second-order valence-corrected chi connectivity index (χ2v) is 9.58. The van der Waals surface area contributed by atoms with E-state index in [0.717, 1.165) is 50.4 Å². The molecule has 0 spiro atoms. The minimum atomic E-state index is -0.368. The number of hydrogen-bond donors (Lipinski definition) is 1. The number of nitrogen functional groups attached to an aromatic ring is 1. The van der Waals surface area contributed by atoms with Crippen molar-refractivity contribution in [1.29, 1.82) is 0 Å².